The van der Waals surface area contributed by atoms with Crippen LogP contribution >= 0.6 is 0 Å². The second-order valence-electron chi connectivity index (χ2n) is 7.48. The van der Waals surface area contributed by atoms with E-state index in [1.807, 2.05) is 36.4 Å². The number of carbonyl (C=O) groups is 1. The number of furan rings is 1. The van der Waals surface area contributed by atoms with Crippen molar-refractivity contribution in [3.05, 3.63) is 42.7 Å². The number of ether oxygens (including phenoxy) is 1. The summed E-state index contributed by atoms with van der Waals surface area (Å²) in [5.41, 5.74) is 1.58. The number of hydrogen-bond donors (Lipinski definition) is 1. The van der Waals surface area contributed by atoms with Crippen LogP contribution in [0, 0.1) is 11.8 Å². The van der Waals surface area contributed by atoms with Crippen LogP contribution in [0.2, 0.25) is 0 Å². The lowest BCUT2D eigenvalue weighted by Crippen LogP contribution is -2.27. The highest BCUT2D eigenvalue weighted by Gasteiger charge is 2.25. The Kier molecular flexibility index (Phi) is 5.14. The number of hydrogen-bond acceptors (Lipinski definition) is 5. The maximum Gasteiger partial charge on any atom is 0.336 e. The highest BCUT2D eigenvalue weighted by molar-refractivity contribution is 5.93. The third kappa shape index (κ3) is 3.93. The first-order chi connectivity index (χ1) is 13.6. The molecule has 0 saturated heterocycles. The standard InChI is InChI=1S/C21H24N4O3/c1-14(2)13-28-21-23-19(18-7-4-12-27-18)25(24-21)17-10-8-16(9-11-17)22-20(26)15-5-3-6-15/h4,7-12,14-15H,3,5-6,13H2,1-2H3,(H,22,26). The fraction of sp³-hybridized carbons (Fsp3) is 0.381. The predicted molar refractivity (Wildman–Crippen MR) is 105 cm³/mol. The number of nitrogens with zero attached hydrogens (tertiary/aromatic N) is 3. The second kappa shape index (κ2) is 7.88. The van der Waals surface area contributed by atoms with E-state index in [9.17, 15) is 4.79 Å². The summed E-state index contributed by atoms with van der Waals surface area (Å²) in [7, 11) is 0. The van der Waals surface area contributed by atoms with Crippen LogP contribution in [0.15, 0.2) is 47.1 Å². The molecular weight excluding hydrogens is 356 g/mol. The third-order valence-corrected chi connectivity index (χ3v) is 4.73. The molecule has 0 aliphatic heterocycles. The third-order valence-electron chi connectivity index (χ3n) is 4.73. The number of rotatable bonds is 7. The maximum absolute atomic E-state index is 12.1. The van der Waals surface area contributed by atoms with Gasteiger partial charge in [-0.15, -0.1) is 5.10 Å². The van der Waals surface area contributed by atoms with Crippen molar-refractivity contribution >= 4 is 11.6 Å². The van der Waals surface area contributed by atoms with Crippen LogP contribution in [0.1, 0.15) is 33.1 Å². The predicted octanol–water partition coefficient (Wildman–Crippen LogP) is 4.30. The zero-order valence-corrected chi connectivity index (χ0v) is 16.1. The minimum Gasteiger partial charge on any atom is -0.462 e. The fourth-order valence-electron chi connectivity index (χ4n) is 2.94. The average molecular weight is 380 g/mol. The number of nitrogens with one attached hydrogen (secondary N) is 1. The first-order valence-electron chi connectivity index (χ1n) is 9.65. The van der Waals surface area contributed by atoms with Crippen molar-refractivity contribution in [3.8, 4) is 23.3 Å². The van der Waals surface area contributed by atoms with Gasteiger partial charge in [-0.2, -0.15) is 4.98 Å². The van der Waals surface area contributed by atoms with E-state index in [0.717, 1.165) is 30.6 Å². The van der Waals surface area contributed by atoms with Crippen LogP contribution < -0.4 is 10.1 Å². The van der Waals surface area contributed by atoms with Gasteiger partial charge in [0.2, 0.25) is 11.7 Å². The molecule has 2 heterocycles. The van der Waals surface area contributed by atoms with Gasteiger partial charge in [0.05, 0.1) is 18.6 Å². The van der Waals surface area contributed by atoms with Crippen LogP contribution in [0.5, 0.6) is 6.01 Å². The largest absolute Gasteiger partial charge is 0.462 e. The van der Waals surface area contributed by atoms with Crippen molar-refractivity contribution in [2.75, 3.05) is 11.9 Å². The molecule has 2 aromatic heterocycles. The topological polar surface area (TPSA) is 82.2 Å². The highest BCUT2D eigenvalue weighted by Crippen LogP contribution is 2.28. The molecule has 7 nitrogen and oxygen atoms in total. The van der Waals surface area contributed by atoms with Crippen LogP contribution in [-0.2, 0) is 4.79 Å². The Balaban J connectivity index is 1.57. The van der Waals surface area contributed by atoms with Crippen molar-refractivity contribution in [1.82, 2.24) is 14.8 Å². The van der Waals surface area contributed by atoms with Gasteiger partial charge >= 0.3 is 6.01 Å². The van der Waals surface area contributed by atoms with Crippen molar-refractivity contribution < 1.29 is 13.9 Å². The molecule has 1 aromatic carbocycles. The Labute approximate surface area is 163 Å². The summed E-state index contributed by atoms with van der Waals surface area (Å²) in [4.78, 5) is 16.6. The molecule has 28 heavy (non-hydrogen) atoms. The van der Waals surface area contributed by atoms with Gasteiger partial charge in [0, 0.05) is 11.6 Å². The molecule has 1 saturated carbocycles. The molecule has 1 aliphatic carbocycles. The Morgan fingerprint density at radius 3 is 2.68 bits per heavy atom. The molecular formula is C21H24N4O3. The van der Waals surface area contributed by atoms with Crippen molar-refractivity contribution in [1.29, 1.82) is 0 Å². The lowest BCUT2D eigenvalue weighted by Gasteiger charge is -2.24. The number of aromatic nitrogens is 3. The molecule has 1 amide bonds. The number of carbonyl (C=O) groups excluding carboxylic acids is 1. The van der Waals surface area contributed by atoms with E-state index in [1.165, 1.54) is 0 Å². The molecule has 1 N–H and O–H groups in total. The van der Waals surface area contributed by atoms with Gasteiger partial charge in [0.25, 0.3) is 0 Å². The van der Waals surface area contributed by atoms with Gasteiger partial charge in [-0.25, -0.2) is 4.68 Å². The SMILES string of the molecule is CC(C)COc1nc(-c2ccco2)n(-c2ccc(NC(=O)C3CCC3)cc2)n1. The summed E-state index contributed by atoms with van der Waals surface area (Å²) in [6, 6.07) is 11.5. The summed E-state index contributed by atoms with van der Waals surface area (Å²) < 4.78 is 12.9. The van der Waals surface area contributed by atoms with Gasteiger partial charge in [-0.3, -0.25) is 4.79 Å². The summed E-state index contributed by atoms with van der Waals surface area (Å²) in [5, 5.41) is 7.46. The summed E-state index contributed by atoms with van der Waals surface area (Å²) >= 11 is 0. The van der Waals surface area contributed by atoms with E-state index < -0.39 is 0 Å². The number of anilines is 1. The number of amides is 1. The quantitative estimate of drug-likeness (QED) is 0.661. The molecule has 0 radical (unpaired) electrons. The minimum absolute atomic E-state index is 0.0976. The lowest BCUT2D eigenvalue weighted by atomic mass is 9.85. The molecule has 0 unspecified atom stereocenters. The lowest BCUT2D eigenvalue weighted by molar-refractivity contribution is -0.122. The second-order valence-corrected chi connectivity index (χ2v) is 7.48. The Bertz CT molecular complexity index is 925. The molecule has 3 aromatic rings. The van der Waals surface area contributed by atoms with E-state index in [2.05, 4.69) is 29.2 Å². The minimum atomic E-state index is 0.0976. The Morgan fingerprint density at radius 1 is 1.29 bits per heavy atom. The Morgan fingerprint density at radius 2 is 2.07 bits per heavy atom. The summed E-state index contributed by atoms with van der Waals surface area (Å²) in [5.74, 6) is 1.79. The average Bonchev–Trinajstić information content (AvgIpc) is 3.28. The molecule has 4 rings (SSSR count). The van der Waals surface area contributed by atoms with Gasteiger partial charge in [-0.1, -0.05) is 20.3 Å². The molecule has 0 atom stereocenters. The van der Waals surface area contributed by atoms with Crippen molar-refractivity contribution in [3.63, 3.8) is 0 Å². The summed E-state index contributed by atoms with van der Waals surface area (Å²) in [6.45, 7) is 4.68. The van der Waals surface area contributed by atoms with E-state index in [0.29, 0.717) is 30.1 Å². The monoisotopic (exact) mass is 380 g/mol. The van der Waals surface area contributed by atoms with Crippen LogP contribution in [0.25, 0.3) is 17.3 Å². The smallest absolute Gasteiger partial charge is 0.336 e. The molecule has 0 bridgehead atoms. The first-order valence-corrected chi connectivity index (χ1v) is 9.65. The van der Waals surface area contributed by atoms with E-state index in [1.54, 1.807) is 10.9 Å². The number of benzene rings is 1. The van der Waals surface area contributed by atoms with Crippen LogP contribution in [-0.4, -0.2) is 27.3 Å². The Hall–Kier alpha value is -3.09. The molecule has 7 heteroatoms. The fourth-order valence-corrected chi connectivity index (χ4v) is 2.94. The van der Waals surface area contributed by atoms with Crippen LogP contribution in [0.3, 0.4) is 0 Å². The maximum atomic E-state index is 12.1. The zero-order chi connectivity index (χ0) is 19.5. The van der Waals surface area contributed by atoms with E-state index in [-0.39, 0.29) is 11.8 Å². The molecule has 1 aliphatic rings. The van der Waals surface area contributed by atoms with Crippen LogP contribution in [0.4, 0.5) is 5.69 Å². The zero-order valence-electron chi connectivity index (χ0n) is 16.1. The molecule has 0 spiro atoms. The highest BCUT2D eigenvalue weighted by atomic mass is 16.5. The van der Waals surface area contributed by atoms with E-state index >= 15 is 0 Å². The molecule has 1 fully saturated rings. The van der Waals surface area contributed by atoms with Gasteiger partial charge in [0.1, 0.15) is 0 Å². The molecule has 146 valence electrons. The first kappa shape index (κ1) is 18.3. The van der Waals surface area contributed by atoms with Crippen molar-refractivity contribution in [2.45, 2.75) is 33.1 Å². The summed E-state index contributed by atoms with van der Waals surface area (Å²) in [6.07, 6.45) is 4.70. The van der Waals surface area contributed by atoms with Crippen molar-refractivity contribution in [2.24, 2.45) is 11.8 Å². The van der Waals surface area contributed by atoms with Gasteiger partial charge in [0.15, 0.2) is 5.76 Å². The van der Waals surface area contributed by atoms with Gasteiger partial charge < -0.3 is 14.5 Å². The van der Waals surface area contributed by atoms with E-state index in [4.69, 9.17) is 9.15 Å². The normalized spacial score (nSPS) is 14.1. The van der Waals surface area contributed by atoms with Gasteiger partial charge in [-0.05, 0) is 55.2 Å².